The predicted molar refractivity (Wildman–Crippen MR) is 114 cm³/mol. The summed E-state index contributed by atoms with van der Waals surface area (Å²) in [6.45, 7) is 5.65. The van der Waals surface area contributed by atoms with E-state index in [1.165, 1.54) is 23.4 Å². The molecule has 0 radical (unpaired) electrons. The van der Waals surface area contributed by atoms with Gasteiger partial charge < -0.3 is 10.6 Å². The molecule has 0 bridgehead atoms. The Morgan fingerprint density at radius 2 is 1.93 bits per heavy atom. The smallest absolute Gasteiger partial charge is 0.123 e. The molecule has 0 amide bonds. The third-order valence-corrected chi connectivity index (χ3v) is 5.66. The number of anilines is 1. The lowest BCUT2D eigenvalue weighted by molar-refractivity contribution is 0.520. The van der Waals surface area contributed by atoms with Crippen LogP contribution in [-0.2, 0) is 19.5 Å². The molecule has 0 spiro atoms. The summed E-state index contributed by atoms with van der Waals surface area (Å²) < 4.78 is 15.4. The predicted octanol–water partition coefficient (Wildman–Crippen LogP) is 4.08. The number of aryl methyl sites for hydroxylation is 2. The van der Waals surface area contributed by atoms with Crippen LogP contribution in [0.2, 0.25) is 0 Å². The molecule has 0 atom stereocenters. The minimum Gasteiger partial charge on any atom is -0.367 e. The minimum absolute atomic E-state index is 0.232. The summed E-state index contributed by atoms with van der Waals surface area (Å²) in [7, 11) is 0. The van der Waals surface area contributed by atoms with Crippen molar-refractivity contribution in [3.63, 3.8) is 0 Å². The van der Waals surface area contributed by atoms with Gasteiger partial charge in [-0.15, -0.1) is 0 Å². The van der Waals surface area contributed by atoms with Crippen LogP contribution in [0.5, 0.6) is 0 Å². The molecule has 1 aliphatic heterocycles. The van der Waals surface area contributed by atoms with Crippen molar-refractivity contribution >= 4 is 5.69 Å². The molecule has 3 heterocycles. The second-order valence-electron chi connectivity index (χ2n) is 7.66. The van der Waals surface area contributed by atoms with Crippen LogP contribution in [0.15, 0.2) is 42.6 Å². The number of aromatic nitrogens is 3. The third-order valence-electron chi connectivity index (χ3n) is 5.66. The monoisotopic (exact) mass is 393 g/mol. The van der Waals surface area contributed by atoms with E-state index in [0.717, 1.165) is 74.5 Å². The van der Waals surface area contributed by atoms with Crippen molar-refractivity contribution in [1.82, 2.24) is 14.8 Å². The van der Waals surface area contributed by atoms with Gasteiger partial charge in [0.15, 0.2) is 0 Å². The summed E-state index contributed by atoms with van der Waals surface area (Å²) in [4.78, 5) is 6.85. The van der Waals surface area contributed by atoms with Gasteiger partial charge in [0.25, 0.3) is 0 Å². The molecule has 0 unspecified atom stereocenters. The van der Waals surface area contributed by atoms with Crippen LogP contribution in [0.25, 0.3) is 11.3 Å². The summed E-state index contributed by atoms with van der Waals surface area (Å²) in [5, 5.41) is 4.80. The number of benzene rings is 1. The number of halogens is 1. The first-order valence-corrected chi connectivity index (χ1v) is 10.4. The van der Waals surface area contributed by atoms with Gasteiger partial charge in [-0.3, -0.25) is 9.67 Å². The first-order chi connectivity index (χ1) is 14.2. The Balaban J connectivity index is 1.51. The molecule has 0 saturated carbocycles. The van der Waals surface area contributed by atoms with Crippen molar-refractivity contribution in [3.8, 4) is 11.3 Å². The van der Waals surface area contributed by atoms with E-state index in [2.05, 4.69) is 27.6 Å². The molecule has 3 aromatic rings. The number of fused-ring (bicyclic) bond motifs is 1. The van der Waals surface area contributed by atoms with Crippen molar-refractivity contribution in [2.24, 2.45) is 5.73 Å². The van der Waals surface area contributed by atoms with Gasteiger partial charge in [0.2, 0.25) is 0 Å². The zero-order valence-electron chi connectivity index (χ0n) is 16.9. The summed E-state index contributed by atoms with van der Waals surface area (Å²) in [5.74, 6) is -0.232. The molecule has 29 heavy (non-hydrogen) atoms. The fraction of sp³-hybridized carbons (Fsp3) is 0.391. The van der Waals surface area contributed by atoms with Crippen LogP contribution in [0.3, 0.4) is 0 Å². The first-order valence-electron chi connectivity index (χ1n) is 10.4. The average molecular weight is 394 g/mol. The largest absolute Gasteiger partial charge is 0.367 e. The molecule has 0 aliphatic carbocycles. The highest BCUT2D eigenvalue weighted by molar-refractivity contribution is 5.64. The lowest BCUT2D eigenvalue weighted by atomic mass is 10.0. The first kappa shape index (κ1) is 19.6. The fourth-order valence-corrected chi connectivity index (χ4v) is 4.05. The zero-order chi connectivity index (χ0) is 20.2. The summed E-state index contributed by atoms with van der Waals surface area (Å²) in [5.41, 5.74) is 12.4. The highest BCUT2D eigenvalue weighted by atomic mass is 19.1. The maximum atomic E-state index is 13.2. The third kappa shape index (κ3) is 4.32. The van der Waals surface area contributed by atoms with E-state index in [1.54, 1.807) is 12.1 Å². The quantitative estimate of drug-likeness (QED) is 0.615. The second-order valence-corrected chi connectivity index (χ2v) is 7.66. The van der Waals surface area contributed by atoms with E-state index < -0.39 is 0 Å². The average Bonchev–Trinajstić information content (AvgIpc) is 3.07. The Hall–Kier alpha value is -2.73. The molecular weight excluding hydrogens is 365 g/mol. The van der Waals surface area contributed by atoms with Crippen molar-refractivity contribution in [2.45, 2.75) is 45.7 Å². The van der Waals surface area contributed by atoms with Crippen LogP contribution in [0.1, 0.15) is 36.2 Å². The van der Waals surface area contributed by atoms with Gasteiger partial charge in [-0.25, -0.2) is 4.39 Å². The SMILES string of the molecule is Cc1nn(CCCCCN)c2c1CN(c1ccnc(-c3ccc(F)cc3)c1)CC2. The Morgan fingerprint density at radius 1 is 1.10 bits per heavy atom. The molecule has 0 fully saturated rings. The topological polar surface area (TPSA) is 60.0 Å². The Bertz CT molecular complexity index is 964. The number of pyridine rings is 1. The van der Waals surface area contributed by atoms with Gasteiger partial charge in [0.1, 0.15) is 5.82 Å². The van der Waals surface area contributed by atoms with E-state index in [9.17, 15) is 4.39 Å². The molecule has 5 nitrogen and oxygen atoms in total. The normalized spacial score (nSPS) is 13.6. The van der Waals surface area contributed by atoms with E-state index in [1.807, 2.05) is 12.3 Å². The number of rotatable bonds is 7. The van der Waals surface area contributed by atoms with Gasteiger partial charge in [0, 0.05) is 54.8 Å². The van der Waals surface area contributed by atoms with Gasteiger partial charge in [-0.1, -0.05) is 6.42 Å². The summed E-state index contributed by atoms with van der Waals surface area (Å²) in [6.07, 6.45) is 6.17. The molecule has 2 aromatic heterocycles. The van der Waals surface area contributed by atoms with Crippen LogP contribution < -0.4 is 10.6 Å². The van der Waals surface area contributed by atoms with Crippen LogP contribution >= 0.6 is 0 Å². The highest BCUT2D eigenvalue weighted by Crippen LogP contribution is 2.29. The van der Waals surface area contributed by atoms with Gasteiger partial charge in [-0.05, 0) is 62.7 Å². The molecule has 1 aliphatic rings. The number of hydrogen-bond acceptors (Lipinski definition) is 4. The lowest BCUT2D eigenvalue weighted by Gasteiger charge is -2.30. The maximum absolute atomic E-state index is 13.2. The molecule has 1 aromatic carbocycles. The van der Waals surface area contributed by atoms with Crippen molar-refractivity contribution in [3.05, 3.63) is 65.4 Å². The van der Waals surface area contributed by atoms with Crippen LogP contribution in [-0.4, -0.2) is 27.9 Å². The number of hydrogen-bond donors (Lipinski definition) is 1. The Labute approximate surface area is 171 Å². The van der Waals surface area contributed by atoms with Gasteiger partial charge >= 0.3 is 0 Å². The van der Waals surface area contributed by atoms with Gasteiger partial charge in [-0.2, -0.15) is 5.10 Å². The molecule has 2 N–H and O–H groups in total. The molecule has 152 valence electrons. The Morgan fingerprint density at radius 3 is 2.72 bits per heavy atom. The standard InChI is InChI=1S/C23H28FN5/c1-17-21-16-28(14-10-23(21)29(27-17)13-4-2-3-11-25)20-9-12-26-22(15-20)18-5-7-19(24)8-6-18/h5-9,12,15H,2-4,10-11,13-14,16,25H2,1H3. The van der Waals surface area contributed by atoms with E-state index in [-0.39, 0.29) is 5.82 Å². The van der Waals surface area contributed by atoms with Crippen molar-refractivity contribution < 1.29 is 4.39 Å². The molecule has 4 rings (SSSR count). The van der Waals surface area contributed by atoms with Crippen LogP contribution in [0, 0.1) is 12.7 Å². The second kappa shape index (κ2) is 8.74. The molecular formula is C23H28FN5. The van der Waals surface area contributed by atoms with Gasteiger partial charge in [0.05, 0.1) is 11.4 Å². The van der Waals surface area contributed by atoms with E-state index in [0.29, 0.717) is 0 Å². The number of nitrogens with two attached hydrogens (primary N) is 1. The Kier molecular flexibility index (Phi) is 5.90. The number of unbranched alkanes of at least 4 members (excludes halogenated alkanes) is 2. The minimum atomic E-state index is -0.232. The van der Waals surface area contributed by atoms with E-state index in [4.69, 9.17) is 10.8 Å². The summed E-state index contributed by atoms with van der Waals surface area (Å²) >= 11 is 0. The van der Waals surface area contributed by atoms with Crippen molar-refractivity contribution in [2.75, 3.05) is 18.0 Å². The van der Waals surface area contributed by atoms with E-state index >= 15 is 0 Å². The molecule has 0 saturated heterocycles. The van der Waals surface area contributed by atoms with Crippen LogP contribution in [0.4, 0.5) is 10.1 Å². The summed E-state index contributed by atoms with van der Waals surface area (Å²) in [6, 6.07) is 10.6. The highest BCUT2D eigenvalue weighted by Gasteiger charge is 2.23. The number of nitrogens with zero attached hydrogens (tertiary/aromatic N) is 4. The van der Waals surface area contributed by atoms with Crippen molar-refractivity contribution in [1.29, 1.82) is 0 Å². The lowest BCUT2D eigenvalue weighted by Crippen LogP contribution is -2.31. The molecule has 6 heteroatoms. The zero-order valence-corrected chi connectivity index (χ0v) is 16.9. The fourth-order valence-electron chi connectivity index (χ4n) is 4.05. The maximum Gasteiger partial charge on any atom is 0.123 e.